The number of piperidine rings is 1. The molecule has 1 aliphatic heterocycles. The fraction of sp³-hybridized carbons (Fsp3) is 0.850. The Morgan fingerprint density at radius 2 is 1.69 bits per heavy atom. The molecule has 0 bridgehead atoms. The van der Waals surface area contributed by atoms with Gasteiger partial charge in [0, 0.05) is 39.3 Å². The van der Waals surface area contributed by atoms with Crippen LogP contribution >= 0.6 is 24.0 Å². The first-order valence-electron chi connectivity index (χ1n) is 10.5. The summed E-state index contributed by atoms with van der Waals surface area (Å²) in [5, 5.41) is 6.04. The number of nitrogens with one attached hydrogen (secondary N) is 2. The van der Waals surface area contributed by atoms with Crippen molar-refractivity contribution in [3.05, 3.63) is 0 Å². The molecule has 1 heterocycles. The van der Waals surface area contributed by atoms with Crippen LogP contribution in [0.2, 0.25) is 0 Å². The van der Waals surface area contributed by atoms with Crippen molar-refractivity contribution >= 4 is 41.9 Å². The molecule has 0 aliphatic carbocycles. The molecule has 0 unspecified atom stereocenters. The van der Waals surface area contributed by atoms with Gasteiger partial charge in [0.2, 0.25) is 5.91 Å². The van der Waals surface area contributed by atoms with Gasteiger partial charge >= 0.3 is 6.09 Å². The molecular weight excluding hydrogens is 485 g/mol. The zero-order chi connectivity index (χ0) is 21.2. The average molecular weight is 525 g/mol. The molecular formula is C20H40IN5O3. The van der Waals surface area contributed by atoms with Crippen LogP contribution in [0.3, 0.4) is 0 Å². The summed E-state index contributed by atoms with van der Waals surface area (Å²) in [6.07, 6.45) is 1.71. The third kappa shape index (κ3) is 10.9. The largest absolute Gasteiger partial charge is 0.444 e. The van der Waals surface area contributed by atoms with Gasteiger partial charge in [0.05, 0.1) is 0 Å². The Hall–Kier alpha value is -1.26. The SMILES string of the molecule is CCNC(=O)CN=C(NCC)N1CCC(CN(CC)C(=O)OC(C)(C)C)CC1.I. The zero-order valence-electron chi connectivity index (χ0n) is 18.9. The van der Waals surface area contributed by atoms with Gasteiger partial charge in [-0.3, -0.25) is 4.79 Å². The van der Waals surface area contributed by atoms with Crippen LogP contribution in [-0.2, 0) is 9.53 Å². The highest BCUT2D eigenvalue weighted by Crippen LogP contribution is 2.20. The second kappa shape index (κ2) is 13.9. The predicted octanol–water partition coefficient (Wildman–Crippen LogP) is 2.68. The molecule has 0 aromatic rings. The van der Waals surface area contributed by atoms with E-state index in [0.717, 1.165) is 38.4 Å². The number of likely N-dealkylation sites (tertiary alicyclic amines) is 1. The van der Waals surface area contributed by atoms with Crippen LogP contribution in [0.1, 0.15) is 54.4 Å². The van der Waals surface area contributed by atoms with Crippen molar-refractivity contribution in [1.82, 2.24) is 20.4 Å². The molecule has 29 heavy (non-hydrogen) atoms. The van der Waals surface area contributed by atoms with Gasteiger partial charge in [-0.1, -0.05) is 0 Å². The molecule has 170 valence electrons. The molecule has 0 spiro atoms. The maximum Gasteiger partial charge on any atom is 0.410 e. The third-order valence-electron chi connectivity index (χ3n) is 4.51. The monoisotopic (exact) mass is 525 g/mol. The lowest BCUT2D eigenvalue weighted by atomic mass is 9.96. The average Bonchev–Trinajstić information content (AvgIpc) is 2.62. The van der Waals surface area contributed by atoms with Crippen molar-refractivity contribution in [2.75, 3.05) is 45.8 Å². The fourth-order valence-electron chi connectivity index (χ4n) is 3.12. The first-order valence-corrected chi connectivity index (χ1v) is 10.5. The highest BCUT2D eigenvalue weighted by atomic mass is 127. The number of carbonyl (C=O) groups excluding carboxylic acids is 2. The van der Waals surface area contributed by atoms with Crippen LogP contribution in [-0.4, -0.2) is 79.2 Å². The number of carbonyl (C=O) groups is 2. The van der Waals surface area contributed by atoms with E-state index >= 15 is 0 Å². The second-order valence-electron chi connectivity index (χ2n) is 8.07. The van der Waals surface area contributed by atoms with E-state index in [4.69, 9.17) is 4.74 Å². The molecule has 0 radical (unpaired) electrons. The van der Waals surface area contributed by atoms with E-state index in [1.54, 1.807) is 4.90 Å². The van der Waals surface area contributed by atoms with Crippen LogP contribution < -0.4 is 10.6 Å². The lowest BCUT2D eigenvalue weighted by Gasteiger charge is -2.36. The molecule has 8 nitrogen and oxygen atoms in total. The maximum atomic E-state index is 12.3. The number of halogens is 1. The minimum Gasteiger partial charge on any atom is -0.444 e. The van der Waals surface area contributed by atoms with Crippen molar-refractivity contribution in [2.45, 2.75) is 60.0 Å². The molecule has 1 aliphatic rings. The predicted molar refractivity (Wildman–Crippen MR) is 128 cm³/mol. The normalized spacial score (nSPS) is 15.4. The van der Waals surface area contributed by atoms with E-state index in [2.05, 4.69) is 20.5 Å². The first-order chi connectivity index (χ1) is 13.2. The third-order valence-corrected chi connectivity index (χ3v) is 4.51. The highest BCUT2D eigenvalue weighted by molar-refractivity contribution is 14.0. The summed E-state index contributed by atoms with van der Waals surface area (Å²) in [4.78, 5) is 32.5. The van der Waals surface area contributed by atoms with Gasteiger partial charge in [0.25, 0.3) is 0 Å². The second-order valence-corrected chi connectivity index (χ2v) is 8.07. The van der Waals surface area contributed by atoms with E-state index in [1.807, 2.05) is 41.5 Å². The molecule has 1 saturated heterocycles. The van der Waals surface area contributed by atoms with Crippen molar-refractivity contribution in [1.29, 1.82) is 0 Å². The lowest BCUT2D eigenvalue weighted by molar-refractivity contribution is -0.119. The highest BCUT2D eigenvalue weighted by Gasteiger charge is 2.27. The fourth-order valence-corrected chi connectivity index (χ4v) is 3.12. The van der Waals surface area contributed by atoms with Crippen molar-refractivity contribution in [3.8, 4) is 0 Å². The molecule has 1 rings (SSSR count). The molecule has 2 N–H and O–H groups in total. The Morgan fingerprint density at radius 1 is 1.10 bits per heavy atom. The summed E-state index contributed by atoms with van der Waals surface area (Å²) in [5.74, 6) is 1.16. The van der Waals surface area contributed by atoms with Gasteiger partial charge in [-0.15, -0.1) is 24.0 Å². The number of likely N-dealkylation sites (N-methyl/N-ethyl adjacent to an activating group) is 1. The van der Waals surface area contributed by atoms with Crippen LogP contribution in [0.5, 0.6) is 0 Å². The number of amides is 2. The van der Waals surface area contributed by atoms with Gasteiger partial charge in [-0.25, -0.2) is 9.79 Å². The standard InChI is InChI=1S/C20H39N5O3.HI/c1-7-21-17(26)14-23-18(22-8-2)25-12-10-16(11-13-25)15-24(9-3)19(27)28-20(4,5)6;/h16H,7-15H2,1-6H3,(H,21,26)(H,22,23);1H. The van der Waals surface area contributed by atoms with Crippen molar-refractivity contribution in [2.24, 2.45) is 10.9 Å². The van der Waals surface area contributed by atoms with Crippen LogP contribution in [0.15, 0.2) is 4.99 Å². The lowest BCUT2D eigenvalue weighted by Crippen LogP contribution is -2.48. The number of aliphatic imine (C=N–C) groups is 1. The summed E-state index contributed by atoms with van der Waals surface area (Å²) in [7, 11) is 0. The van der Waals surface area contributed by atoms with Gasteiger partial charge in [0.1, 0.15) is 12.1 Å². The summed E-state index contributed by atoms with van der Waals surface area (Å²) >= 11 is 0. The molecule has 9 heteroatoms. The Labute approximate surface area is 193 Å². The van der Waals surface area contributed by atoms with Crippen LogP contribution in [0.4, 0.5) is 4.79 Å². The molecule has 0 atom stereocenters. The molecule has 0 saturated carbocycles. The van der Waals surface area contributed by atoms with Crippen molar-refractivity contribution in [3.63, 3.8) is 0 Å². The number of hydrogen-bond acceptors (Lipinski definition) is 4. The van der Waals surface area contributed by atoms with E-state index < -0.39 is 5.60 Å². The number of hydrogen-bond donors (Lipinski definition) is 2. The summed E-state index contributed by atoms with van der Waals surface area (Å²) in [5.41, 5.74) is -0.477. The van der Waals surface area contributed by atoms with Gasteiger partial charge < -0.3 is 25.2 Å². The zero-order valence-corrected chi connectivity index (χ0v) is 21.2. The van der Waals surface area contributed by atoms with Gasteiger partial charge in [-0.2, -0.15) is 0 Å². The van der Waals surface area contributed by atoms with Gasteiger partial charge in [-0.05, 0) is 60.3 Å². The Morgan fingerprint density at radius 3 is 2.17 bits per heavy atom. The van der Waals surface area contributed by atoms with Gasteiger partial charge in [0.15, 0.2) is 5.96 Å². The number of guanidine groups is 1. The Bertz CT molecular complexity index is 529. The quantitative estimate of drug-likeness (QED) is 0.303. The summed E-state index contributed by atoms with van der Waals surface area (Å²) in [6.45, 7) is 16.2. The maximum absolute atomic E-state index is 12.3. The first kappa shape index (κ1) is 27.7. The Kier molecular flexibility index (Phi) is 13.3. The molecule has 1 fully saturated rings. The smallest absolute Gasteiger partial charge is 0.410 e. The molecule has 0 aromatic carbocycles. The summed E-state index contributed by atoms with van der Waals surface area (Å²) < 4.78 is 5.51. The minimum atomic E-state index is -0.477. The number of nitrogens with zero attached hydrogens (tertiary/aromatic N) is 3. The van der Waals surface area contributed by atoms with Crippen molar-refractivity contribution < 1.29 is 14.3 Å². The number of ether oxygens (including phenoxy) is 1. The topological polar surface area (TPSA) is 86.3 Å². The number of rotatable bonds is 7. The molecule has 2 amide bonds. The van der Waals surface area contributed by atoms with Crippen LogP contribution in [0.25, 0.3) is 0 Å². The summed E-state index contributed by atoms with van der Waals surface area (Å²) in [6, 6.07) is 0. The van der Waals surface area contributed by atoms with E-state index in [-0.39, 0.29) is 42.5 Å². The molecule has 0 aromatic heterocycles. The van der Waals surface area contributed by atoms with E-state index in [0.29, 0.717) is 25.6 Å². The minimum absolute atomic E-state index is 0. The van der Waals surface area contributed by atoms with E-state index in [1.165, 1.54) is 0 Å². The Balaban J connectivity index is 0.00000784. The van der Waals surface area contributed by atoms with E-state index in [9.17, 15) is 9.59 Å². The van der Waals surface area contributed by atoms with Crippen LogP contribution in [0, 0.1) is 5.92 Å².